The van der Waals surface area contributed by atoms with Crippen molar-refractivity contribution in [2.24, 2.45) is 0 Å². The third-order valence-corrected chi connectivity index (χ3v) is 5.04. The number of rotatable bonds is 3. The normalized spacial score (nSPS) is 15.2. The molecule has 1 aliphatic heterocycles. The minimum Gasteiger partial charge on any atom is -0.390 e. The van der Waals surface area contributed by atoms with Gasteiger partial charge >= 0.3 is 0 Å². The second-order valence-corrected chi connectivity index (χ2v) is 7.24. The molecule has 0 fully saturated rings. The van der Waals surface area contributed by atoms with Crippen LogP contribution in [0, 0.1) is 13.8 Å². The number of aliphatic hydroxyl groups is 1. The molecule has 0 unspecified atom stereocenters. The smallest absolute Gasteiger partial charge is 0.189 e. The first-order valence-corrected chi connectivity index (χ1v) is 9.05. The highest BCUT2D eigenvalue weighted by molar-refractivity contribution is 5.82. The number of fused-ring (bicyclic) bond motifs is 2. The second-order valence-electron chi connectivity index (χ2n) is 7.24. The van der Waals surface area contributed by atoms with Crippen LogP contribution in [-0.2, 0) is 26.2 Å². The van der Waals surface area contributed by atoms with Crippen molar-refractivity contribution in [3.8, 4) is 0 Å². The van der Waals surface area contributed by atoms with Gasteiger partial charge in [0.05, 0.1) is 23.5 Å². The molecule has 3 aromatic rings. The quantitative estimate of drug-likeness (QED) is 0.758. The summed E-state index contributed by atoms with van der Waals surface area (Å²) in [6.07, 6.45) is 0.996. The van der Waals surface area contributed by atoms with Crippen LogP contribution in [0.15, 0.2) is 29.1 Å². The van der Waals surface area contributed by atoms with Crippen LogP contribution in [0.3, 0.4) is 0 Å². The summed E-state index contributed by atoms with van der Waals surface area (Å²) in [5, 5.41) is 14.5. The lowest BCUT2D eigenvalue weighted by atomic mass is 10.1. The molecule has 0 aliphatic carbocycles. The van der Waals surface area contributed by atoms with Crippen molar-refractivity contribution in [2.75, 3.05) is 6.54 Å². The fraction of sp³-hybridized carbons (Fsp3) is 0.400. The Morgan fingerprint density at radius 3 is 2.85 bits per heavy atom. The lowest BCUT2D eigenvalue weighted by Gasteiger charge is -2.20. The Morgan fingerprint density at radius 1 is 1.19 bits per heavy atom. The zero-order valence-corrected chi connectivity index (χ0v) is 15.2. The first-order valence-electron chi connectivity index (χ1n) is 9.05. The van der Waals surface area contributed by atoms with Crippen molar-refractivity contribution >= 4 is 10.9 Å². The Labute approximate surface area is 152 Å². The fourth-order valence-electron chi connectivity index (χ4n) is 3.89. The van der Waals surface area contributed by atoms with Gasteiger partial charge in [-0.25, -0.2) is 0 Å². The number of nitrogens with one attached hydrogen (secondary N) is 1. The van der Waals surface area contributed by atoms with Crippen molar-refractivity contribution in [1.82, 2.24) is 19.7 Å². The van der Waals surface area contributed by atoms with E-state index in [1.165, 1.54) is 0 Å². The molecule has 0 radical (unpaired) electrons. The molecule has 1 aliphatic rings. The molecule has 2 N–H and O–H groups in total. The first kappa shape index (κ1) is 17.0. The van der Waals surface area contributed by atoms with Gasteiger partial charge in [-0.1, -0.05) is 6.07 Å². The maximum Gasteiger partial charge on any atom is 0.189 e. The largest absolute Gasteiger partial charge is 0.390 e. The van der Waals surface area contributed by atoms with E-state index in [1.807, 2.05) is 30.7 Å². The topological polar surface area (TPSA) is 74.2 Å². The van der Waals surface area contributed by atoms with Crippen LogP contribution in [-0.4, -0.2) is 31.3 Å². The van der Waals surface area contributed by atoms with Gasteiger partial charge in [-0.3, -0.25) is 14.4 Å². The summed E-state index contributed by atoms with van der Waals surface area (Å²) in [5.74, 6) is 0. The van der Waals surface area contributed by atoms with Crippen molar-refractivity contribution in [3.05, 3.63) is 62.7 Å². The molecule has 6 heteroatoms. The molecular formula is C20H24N4O2. The van der Waals surface area contributed by atoms with E-state index in [0.29, 0.717) is 12.2 Å². The Kier molecular flexibility index (Phi) is 4.38. The van der Waals surface area contributed by atoms with Gasteiger partial charge in [-0.15, -0.1) is 0 Å². The second kappa shape index (κ2) is 6.70. The fourth-order valence-corrected chi connectivity index (χ4v) is 3.89. The molecule has 26 heavy (non-hydrogen) atoms. The molecule has 0 bridgehead atoms. The number of hydrogen-bond acceptors (Lipinski definition) is 4. The molecule has 0 spiro atoms. The lowest BCUT2D eigenvalue weighted by Crippen LogP contribution is -2.24. The van der Waals surface area contributed by atoms with Gasteiger partial charge in [-0.05, 0) is 43.5 Å². The molecule has 1 aromatic carbocycles. The molecular weight excluding hydrogens is 328 g/mol. The summed E-state index contributed by atoms with van der Waals surface area (Å²) in [6, 6.07) is 7.74. The number of aromatic amines is 1. The van der Waals surface area contributed by atoms with Gasteiger partial charge in [0.1, 0.15) is 0 Å². The molecule has 4 rings (SSSR count). The number of hydrogen-bond donors (Lipinski definition) is 2. The maximum absolute atomic E-state index is 12.6. The molecule has 0 saturated heterocycles. The van der Waals surface area contributed by atoms with E-state index in [4.69, 9.17) is 0 Å². The van der Waals surface area contributed by atoms with Crippen molar-refractivity contribution in [2.45, 2.75) is 46.5 Å². The zero-order chi connectivity index (χ0) is 18.3. The van der Waals surface area contributed by atoms with Crippen LogP contribution >= 0.6 is 0 Å². The van der Waals surface area contributed by atoms with Crippen molar-refractivity contribution in [1.29, 1.82) is 0 Å². The van der Waals surface area contributed by atoms with Crippen molar-refractivity contribution < 1.29 is 5.11 Å². The minimum atomic E-state index is -0.0311. The zero-order valence-electron chi connectivity index (χ0n) is 15.2. The van der Waals surface area contributed by atoms with E-state index in [2.05, 4.69) is 21.0 Å². The number of aromatic nitrogens is 3. The predicted octanol–water partition coefficient (Wildman–Crippen LogP) is 2.24. The van der Waals surface area contributed by atoms with Gasteiger partial charge in [0.2, 0.25) is 0 Å². The van der Waals surface area contributed by atoms with Crippen LogP contribution in [0.25, 0.3) is 10.9 Å². The van der Waals surface area contributed by atoms with E-state index in [-0.39, 0.29) is 12.0 Å². The highest BCUT2D eigenvalue weighted by Crippen LogP contribution is 2.19. The SMILES string of the molecule is Cc1cc(C)c2[nH]c(CN3CCCn4nc(CO)cc4C3)cc(=O)c2c1. The number of H-pyrrole nitrogens is 1. The van der Waals surface area contributed by atoms with E-state index in [9.17, 15) is 9.90 Å². The Hall–Kier alpha value is -2.44. The lowest BCUT2D eigenvalue weighted by molar-refractivity contribution is 0.257. The highest BCUT2D eigenvalue weighted by Gasteiger charge is 2.17. The Morgan fingerprint density at radius 2 is 2.04 bits per heavy atom. The van der Waals surface area contributed by atoms with Gasteiger partial charge in [0.15, 0.2) is 5.43 Å². The van der Waals surface area contributed by atoms with Crippen molar-refractivity contribution in [3.63, 3.8) is 0 Å². The summed E-state index contributed by atoms with van der Waals surface area (Å²) in [5.41, 5.74) is 5.97. The molecule has 6 nitrogen and oxygen atoms in total. The standard InChI is InChI=1S/C20H24N4O2/c1-13-6-14(2)20-18(7-13)19(26)9-15(21-20)10-23-4-3-5-24-17(11-23)8-16(12-25)22-24/h6-9,25H,3-5,10-12H2,1-2H3,(H,21,26). The third-order valence-electron chi connectivity index (χ3n) is 5.04. The number of pyridine rings is 1. The maximum atomic E-state index is 12.6. The number of benzene rings is 1. The van der Waals surface area contributed by atoms with Gasteiger partial charge in [0.25, 0.3) is 0 Å². The first-order chi connectivity index (χ1) is 12.5. The number of nitrogens with zero attached hydrogens (tertiary/aromatic N) is 3. The summed E-state index contributed by atoms with van der Waals surface area (Å²) in [4.78, 5) is 18.4. The van der Waals surface area contributed by atoms with Crippen LogP contribution in [0.5, 0.6) is 0 Å². The Balaban J connectivity index is 1.63. The molecule has 0 atom stereocenters. The summed E-state index contributed by atoms with van der Waals surface area (Å²) in [6.45, 7) is 7.29. The minimum absolute atomic E-state index is 0.0311. The van der Waals surface area contributed by atoms with Crippen LogP contribution in [0.2, 0.25) is 0 Å². The average Bonchev–Trinajstić information content (AvgIpc) is 2.88. The highest BCUT2D eigenvalue weighted by atomic mass is 16.3. The molecule has 136 valence electrons. The summed E-state index contributed by atoms with van der Waals surface area (Å²) >= 11 is 0. The predicted molar refractivity (Wildman–Crippen MR) is 101 cm³/mol. The number of aliphatic hydroxyl groups excluding tert-OH is 1. The molecule has 2 aromatic heterocycles. The average molecular weight is 352 g/mol. The molecule has 0 amide bonds. The van der Waals surface area contributed by atoms with Gasteiger partial charge in [-0.2, -0.15) is 5.10 Å². The van der Waals surface area contributed by atoms with Gasteiger partial charge < -0.3 is 10.1 Å². The van der Waals surface area contributed by atoms with E-state index in [0.717, 1.165) is 59.5 Å². The van der Waals surface area contributed by atoms with E-state index in [1.54, 1.807) is 6.07 Å². The molecule has 3 heterocycles. The third kappa shape index (κ3) is 3.18. The van der Waals surface area contributed by atoms with Crippen LogP contribution < -0.4 is 5.43 Å². The summed E-state index contributed by atoms with van der Waals surface area (Å²) in [7, 11) is 0. The van der Waals surface area contributed by atoms with Crippen LogP contribution in [0.1, 0.15) is 34.6 Å². The monoisotopic (exact) mass is 352 g/mol. The van der Waals surface area contributed by atoms with E-state index < -0.39 is 0 Å². The summed E-state index contributed by atoms with van der Waals surface area (Å²) < 4.78 is 1.99. The number of aryl methyl sites for hydroxylation is 3. The van der Waals surface area contributed by atoms with Crippen LogP contribution in [0.4, 0.5) is 0 Å². The molecule has 0 saturated carbocycles. The van der Waals surface area contributed by atoms with Gasteiger partial charge in [0, 0.05) is 43.3 Å². The van der Waals surface area contributed by atoms with E-state index >= 15 is 0 Å². The Bertz CT molecular complexity index is 1020.